The Morgan fingerprint density at radius 3 is 2.16 bits per heavy atom. The molecule has 108 valence electrons. The van der Waals surface area contributed by atoms with Crippen molar-refractivity contribution in [1.29, 1.82) is 0 Å². The van der Waals surface area contributed by atoms with Gasteiger partial charge in [-0.15, -0.1) is 0 Å². The average molecular weight is 286 g/mol. The summed E-state index contributed by atoms with van der Waals surface area (Å²) in [4.78, 5) is 0.269. The zero-order valence-corrected chi connectivity index (χ0v) is 12.6. The maximum atomic E-state index is 11.9. The van der Waals surface area contributed by atoms with Crippen LogP contribution in [0.3, 0.4) is 0 Å². The first kappa shape index (κ1) is 15.9. The third-order valence-electron chi connectivity index (χ3n) is 3.17. The number of nitrogens with zero attached hydrogens (tertiary/aromatic N) is 1. The minimum atomic E-state index is -3.38. The van der Waals surface area contributed by atoms with Crippen LogP contribution in [0.2, 0.25) is 0 Å². The molecule has 0 saturated carbocycles. The van der Waals surface area contributed by atoms with Crippen LogP contribution in [0.5, 0.6) is 0 Å². The molecule has 0 radical (unpaired) electrons. The molecule has 0 aliphatic rings. The van der Waals surface area contributed by atoms with Gasteiger partial charge >= 0.3 is 0 Å². The van der Waals surface area contributed by atoms with Gasteiger partial charge in [-0.3, -0.25) is 0 Å². The maximum absolute atomic E-state index is 11.9. The van der Waals surface area contributed by atoms with Crippen molar-refractivity contribution in [3.8, 4) is 0 Å². The second-order valence-electron chi connectivity index (χ2n) is 4.90. The van der Waals surface area contributed by atoms with Gasteiger partial charge in [0.25, 0.3) is 0 Å². The number of benzene rings is 1. The Bertz CT molecular complexity index is 497. The summed E-state index contributed by atoms with van der Waals surface area (Å²) < 4.78 is 25.0. The van der Waals surface area contributed by atoms with Crippen LogP contribution in [0.25, 0.3) is 0 Å². The highest BCUT2D eigenvalue weighted by Crippen LogP contribution is 2.18. The summed E-state index contributed by atoms with van der Waals surface area (Å²) in [7, 11) is -0.365. The lowest BCUT2D eigenvalue weighted by molar-refractivity contribution is 0.226. The fourth-order valence-electron chi connectivity index (χ4n) is 1.50. The van der Waals surface area contributed by atoms with Crippen LogP contribution in [0.4, 0.5) is 5.69 Å². The van der Waals surface area contributed by atoms with E-state index in [4.69, 9.17) is 5.11 Å². The van der Waals surface area contributed by atoms with Gasteiger partial charge in [0.2, 0.25) is 10.0 Å². The zero-order valence-electron chi connectivity index (χ0n) is 11.8. The lowest BCUT2D eigenvalue weighted by atomic mass is 10.1. The maximum Gasteiger partial charge on any atom is 0.242 e. The van der Waals surface area contributed by atoms with Gasteiger partial charge in [0.1, 0.15) is 0 Å². The van der Waals surface area contributed by atoms with Crippen LogP contribution in [0, 0.1) is 5.92 Å². The number of rotatable bonds is 6. The van der Waals surface area contributed by atoms with E-state index in [1.165, 1.54) is 18.4 Å². The minimum absolute atomic E-state index is 0.112. The summed E-state index contributed by atoms with van der Waals surface area (Å²) in [5.41, 5.74) is 0.838. The van der Waals surface area contributed by atoms with Gasteiger partial charge in [-0.2, -0.15) is 0 Å². The first-order valence-corrected chi connectivity index (χ1v) is 7.63. The van der Waals surface area contributed by atoms with Crippen molar-refractivity contribution in [2.45, 2.75) is 24.8 Å². The molecule has 2 unspecified atom stereocenters. The monoisotopic (exact) mass is 286 g/mol. The second kappa shape index (κ2) is 6.36. The Labute approximate surface area is 115 Å². The molecule has 0 amide bonds. The molecule has 1 rings (SSSR count). The lowest BCUT2D eigenvalue weighted by Gasteiger charge is -2.20. The molecular formula is C13H22N2O3S. The summed E-state index contributed by atoms with van der Waals surface area (Å²) in [5.74, 6) is 0.130. The van der Waals surface area contributed by atoms with Crippen LogP contribution in [-0.4, -0.2) is 44.6 Å². The molecular weight excluding hydrogens is 264 g/mol. The standard InChI is InChI=1S/C13H22N2O3S/c1-10(9-16)11(2)14-12-5-7-13(8-6-12)19(17,18)15(3)4/h5-8,10-11,14,16H,9H2,1-4H3. The molecule has 19 heavy (non-hydrogen) atoms. The zero-order chi connectivity index (χ0) is 14.6. The Balaban J connectivity index is 2.83. The van der Waals surface area contributed by atoms with Gasteiger partial charge in [-0.1, -0.05) is 6.92 Å². The molecule has 0 aromatic heterocycles. The Hall–Kier alpha value is -1.11. The molecule has 6 heteroatoms. The van der Waals surface area contributed by atoms with E-state index in [0.29, 0.717) is 0 Å². The fraction of sp³-hybridized carbons (Fsp3) is 0.538. The van der Waals surface area contributed by atoms with E-state index in [1.807, 2.05) is 13.8 Å². The third kappa shape index (κ3) is 3.92. The van der Waals surface area contributed by atoms with Crippen LogP contribution in [-0.2, 0) is 10.0 Å². The van der Waals surface area contributed by atoms with E-state index < -0.39 is 10.0 Å². The summed E-state index contributed by atoms with van der Waals surface area (Å²) in [6.07, 6.45) is 0. The number of hydrogen-bond acceptors (Lipinski definition) is 4. The van der Waals surface area contributed by atoms with Gasteiger partial charge in [-0.05, 0) is 37.1 Å². The van der Waals surface area contributed by atoms with Gasteiger partial charge in [0.05, 0.1) is 4.90 Å². The quantitative estimate of drug-likeness (QED) is 0.828. The topological polar surface area (TPSA) is 69.6 Å². The Kier molecular flexibility index (Phi) is 5.34. The van der Waals surface area contributed by atoms with Crippen molar-refractivity contribution >= 4 is 15.7 Å². The van der Waals surface area contributed by atoms with Gasteiger partial charge in [-0.25, -0.2) is 12.7 Å². The van der Waals surface area contributed by atoms with Gasteiger partial charge in [0.15, 0.2) is 0 Å². The van der Waals surface area contributed by atoms with Crippen LogP contribution >= 0.6 is 0 Å². The Morgan fingerprint density at radius 2 is 1.74 bits per heavy atom. The van der Waals surface area contributed by atoms with E-state index in [0.717, 1.165) is 5.69 Å². The number of anilines is 1. The second-order valence-corrected chi connectivity index (χ2v) is 7.06. The fourth-order valence-corrected chi connectivity index (χ4v) is 2.40. The van der Waals surface area contributed by atoms with E-state index >= 15 is 0 Å². The van der Waals surface area contributed by atoms with Gasteiger partial charge < -0.3 is 10.4 Å². The summed E-state index contributed by atoms with van der Waals surface area (Å²) >= 11 is 0. The normalized spacial score (nSPS) is 15.3. The van der Waals surface area contributed by atoms with Crippen LogP contribution < -0.4 is 5.32 Å². The third-order valence-corrected chi connectivity index (χ3v) is 5.00. The van der Waals surface area contributed by atoms with Crippen molar-refractivity contribution in [1.82, 2.24) is 4.31 Å². The predicted molar refractivity (Wildman–Crippen MR) is 76.6 cm³/mol. The molecule has 1 aromatic rings. The number of hydrogen-bond donors (Lipinski definition) is 2. The molecule has 5 nitrogen and oxygen atoms in total. The molecule has 0 spiro atoms. The highest BCUT2D eigenvalue weighted by molar-refractivity contribution is 7.89. The van der Waals surface area contributed by atoms with E-state index in [2.05, 4.69) is 5.32 Å². The SMILES string of the molecule is CC(CO)C(C)Nc1ccc(S(=O)(=O)N(C)C)cc1. The molecule has 0 aliphatic heterocycles. The minimum Gasteiger partial charge on any atom is -0.396 e. The first-order valence-electron chi connectivity index (χ1n) is 6.19. The van der Waals surface area contributed by atoms with E-state index in [1.54, 1.807) is 24.3 Å². The van der Waals surface area contributed by atoms with Crippen molar-refractivity contribution in [2.75, 3.05) is 26.0 Å². The summed E-state index contributed by atoms with van der Waals surface area (Å²) in [5, 5.41) is 12.3. The molecule has 1 aromatic carbocycles. The lowest BCUT2D eigenvalue weighted by Crippen LogP contribution is -2.26. The van der Waals surface area contributed by atoms with Gasteiger partial charge in [0, 0.05) is 32.4 Å². The number of nitrogens with one attached hydrogen (secondary N) is 1. The number of sulfonamides is 1. The highest BCUT2D eigenvalue weighted by atomic mass is 32.2. The average Bonchev–Trinajstić information content (AvgIpc) is 2.38. The van der Waals surface area contributed by atoms with Crippen molar-refractivity contribution < 1.29 is 13.5 Å². The van der Waals surface area contributed by atoms with Crippen molar-refractivity contribution in [2.24, 2.45) is 5.92 Å². The molecule has 2 atom stereocenters. The predicted octanol–water partition coefficient (Wildman–Crippen LogP) is 1.37. The van der Waals surface area contributed by atoms with Crippen molar-refractivity contribution in [3.63, 3.8) is 0 Å². The highest BCUT2D eigenvalue weighted by Gasteiger charge is 2.17. The molecule has 2 N–H and O–H groups in total. The number of aliphatic hydroxyl groups excluding tert-OH is 1. The van der Waals surface area contributed by atoms with Crippen LogP contribution in [0.15, 0.2) is 29.2 Å². The van der Waals surface area contributed by atoms with Crippen molar-refractivity contribution in [3.05, 3.63) is 24.3 Å². The molecule has 0 heterocycles. The summed E-state index contributed by atoms with van der Waals surface area (Å²) in [6.45, 7) is 4.04. The van der Waals surface area contributed by atoms with E-state index in [-0.39, 0.29) is 23.5 Å². The smallest absolute Gasteiger partial charge is 0.242 e. The molecule has 0 aliphatic carbocycles. The first-order chi connectivity index (χ1) is 8.78. The van der Waals surface area contributed by atoms with E-state index in [9.17, 15) is 8.42 Å². The molecule has 0 fully saturated rings. The largest absolute Gasteiger partial charge is 0.396 e. The Morgan fingerprint density at radius 1 is 1.21 bits per heavy atom. The molecule has 0 bridgehead atoms. The molecule has 0 saturated heterocycles. The number of aliphatic hydroxyl groups is 1. The summed E-state index contributed by atoms with van der Waals surface area (Å²) in [6, 6.07) is 6.73. The van der Waals surface area contributed by atoms with Crippen LogP contribution in [0.1, 0.15) is 13.8 Å².